The van der Waals surface area contributed by atoms with Gasteiger partial charge in [-0.3, -0.25) is 24.1 Å². The molecule has 5 heterocycles. The number of hydrogen-bond donors (Lipinski definition) is 2. The van der Waals surface area contributed by atoms with E-state index in [1.165, 1.54) is 41.1 Å². The van der Waals surface area contributed by atoms with Crippen molar-refractivity contribution in [2.45, 2.75) is 103 Å². The number of benzene rings is 3. The highest BCUT2D eigenvalue weighted by Gasteiger charge is 2.52. The number of halogens is 4. The Bertz CT molecular complexity index is 3060. The summed E-state index contributed by atoms with van der Waals surface area (Å²) in [6.45, 7) is 11.2. The zero-order valence-corrected chi connectivity index (χ0v) is 42.4. The van der Waals surface area contributed by atoms with E-state index in [1.807, 2.05) is 45.0 Å². The van der Waals surface area contributed by atoms with Crippen molar-refractivity contribution >= 4 is 63.7 Å². The molecule has 0 spiro atoms. The summed E-state index contributed by atoms with van der Waals surface area (Å²) < 4.78 is 62.6. The van der Waals surface area contributed by atoms with Gasteiger partial charge in [0.2, 0.25) is 17.7 Å². The molecule has 73 heavy (non-hydrogen) atoms. The van der Waals surface area contributed by atoms with Gasteiger partial charge in [-0.2, -0.15) is 18.4 Å². The second-order valence-electron chi connectivity index (χ2n) is 19.4. The average Bonchev–Trinajstić information content (AvgIpc) is 4.12. The number of carbonyl (C=O) groups is 4. The fourth-order valence-electron chi connectivity index (χ4n) is 9.72. The summed E-state index contributed by atoms with van der Waals surface area (Å²) in [6, 6.07) is 17.3. The maximum Gasteiger partial charge on any atom is 0.420 e. The van der Waals surface area contributed by atoms with Gasteiger partial charge in [-0.15, -0.1) is 11.3 Å². The van der Waals surface area contributed by atoms with Gasteiger partial charge in [-0.1, -0.05) is 55.1 Å². The predicted octanol–water partition coefficient (Wildman–Crippen LogP) is 8.60. The number of alkyl halides is 3. The number of thiazole rings is 1. The largest absolute Gasteiger partial charge is 0.420 e. The van der Waals surface area contributed by atoms with Gasteiger partial charge >= 0.3 is 6.18 Å². The molecule has 3 aromatic carbocycles. The molecule has 0 aliphatic carbocycles. The van der Waals surface area contributed by atoms with Crippen molar-refractivity contribution in [3.63, 3.8) is 0 Å². The minimum absolute atomic E-state index is 0.0200. The van der Waals surface area contributed by atoms with Crippen molar-refractivity contribution in [1.82, 2.24) is 25.3 Å². The van der Waals surface area contributed by atoms with Crippen molar-refractivity contribution in [3.8, 4) is 28.4 Å². The van der Waals surface area contributed by atoms with E-state index in [0.29, 0.717) is 54.2 Å². The lowest BCUT2D eigenvalue weighted by atomic mass is 9.91. The van der Waals surface area contributed by atoms with Crippen molar-refractivity contribution in [3.05, 3.63) is 117 Å². The summed E-state index contributed by atoms with van der Waals surface area (Å²) in [5.41, 5.74) is 1.08. The zero-order chi connectivity index (χ0) is 52.7. The molecule has 14 nitrogen and oxygen atoms in total. The number of aliphatic hydroxyl groups excluding tert-OH is 1. The highest BCUT2D eigenvalue weighted by atomic mass is 32.1. The van der Waals surface area contributed by atoms with Gasteiger partial charge < -0.3 is 29.6 Å². The van der Waals surface area contributed by atoms with Crippen LogP contribution in [0.5, 0.6) is 0 Å². The highest BCUT2D eigenvalue weighted by molar-refractivity contribution is 7.81. The molecule has 8 rings (SSSR count). The summed E-state index contributed by atoms with van der Waals surface area (Å²) in [5.74, 6) is 2.28. The van der Waals surface area contributed by atoms with Crippen LogP contribution < -0.4 is 15.1 Å². The van der Waals surface area contributed by atoms with Crippen LogP contribution >= 0.6 is 23.6 Å². The Morgan fingerprint density at radius 1 is 1.04 bits per heavy atom. The first-order valence-electron chi connectivity index (χ1n) is 23.7. The second kappa shape index (κ2) is 20.9. The van der Waals surface area contributed by atoms with E-state index >= 15 is 4.39 Å². The zero-order valence-electron chi connectivity index (χ0n) is 40.8. The SMILES string of the molecule is Cc1cc(C(C(=O)N2C[C@H](O)C[C@H]2C(=O)N[C@@H](CC(=O)N2CCC(C#Cc3ccc(N4C(=S)N(c5ccc(C#N)c(C(F)(F)F)c5F)C(=O)C4(C)C)cc3)CC2)c2ccc(-c3scnc3C)cc2)C(C)C)on1. The smallest absolute Gasteiger partial charge is 0.391 e. The standard InChI is InChI=1S/C53H52F4N8O6S2/c1-29(2)44(42-23-30(3)61-71-42)49(69)63-27-38(66)24-41(63)48(68)60-39(34-11-13-35(14-12-34)47-31(4)59-28-73-47)25-43(67)62-21-19-33(20-22-62)8-7-32-9-16-37(17-10-32)65-51(72)64(50(70)52(65,5)6)40-18-15-36(26-58)45(46(40)54)53(55,56)57/h9-18,23,28-29,33,38-39,41,44,66H,19-22,24-25,27H2,1-6H3,(H,60,68)/t38-,39+,41+,44?/m1/s1. The number of aromatic nitrogens is 2. The first-order chi connectivity index (χ1) is 34.6. The molecule has 1 unspecified atom stereocenters. The van der Waals surface area contributed by atoms with Gasteiger partial charge in [0, 0.05) is 49.3 Å². The number of carbonyl (C=O) groups excluding carboxylic acids is 4. The summed E-state index contributed by atoms with van der Waals surface area (Å²) in [4.78, 5) is 66.9. The Morgan fingerprint density at radius 3 is 2.32 bits per heavy atom. The molecule has 0 saturated carbocycles. The number of nitrogens with zero attached hydrogens (tertiary/aromatic N) is 7. The van der Waals surface area contributed by atoms with Gasteiger partial charge in [0.15, 0.2) is 10.9 Å². The molecule has 0 radical (unpaired) electrons. The van der Waals surface area contributed by atoms with E-state index in [2.05, 4.69) is 27.3 Å². The Labute approximate surface area is 428 Å². The van der Waals surface area contributed by atoms with Gasteiger partial charge in [0.05, 0.1) is 57.7 Å². The van der Waals surface area contributed by atoms with E-state index in [1.54, 1.807) is 47.7 Å². The monoisotopic (exact) mass is 1040 g/mol. The summed E-state index contributed by atoms with van der Waals surface area (Å²) in [5, 5.41) is 26.8. The summed E-state index contributed by atoms with van der Waals surface area (Å²) in [6.07, 6.45) is -5.04. The Balaban J connectivity index is 0.936. The number of hydrogen-bond acceptors (Lipinski definition) is 11. The molecular weight excluding hydrogens is 985 g/mol. The summed E-state index contributed by atoms with van der Waals surface area (Å²) in [7, 11) is 0. The highest BCUT2D eigenvalue weighted by Crippen LogP contribution is 2.42. The van der Waals surface area contributed by atoms with E-state index < -0.39 is 70.3 Å². The molecule has 4 atom stereocenters. The predicted molar refractivity (Wildman–Crippen MR) is 268 cm³/mol. The van der Waals surface area contributed by atoms with Crippen LogP contribution in [0.3, 0.4) is 0 Å². The third-order valence-corrected chi connectivity index (χ3v) is 14.9. The van der Waals surface area contributed by atoms with Gasteiger partial charge in [0.1, 0.15) is 28.8 Å². The lowest BCUT2D eigenvalue weighted by Crippen LogP contribution is -2.49. The molecule has 3 saturated heterocycles. The van der Waals surface area contributed by atoms with Crippen LogP contribution in [0.15, 0.2) is 76.8 Å². The molecule has 3 aliphatic heterocycles. The first-order valence-corrected chi connectivity index (χ1v) is 25.0. The second-order valence-corrected chi connectivity index (χ2v) is 20.6. The normalized spacial score (nSPS) is 18.9. The minimum atomic E-state index is -5.20. The number of amides is 4. The summed E-state index contributed by atoms with van der Waals surface area (Å²) >= 11 is 7.09. The van der Waals surface area contributed by atoms with Crippen LogP contribution in [-0.4, -0.2) is 91.1 Å². The quantitative estimate of drug-likeness (QED) is 0.0736. The molecule has 3 fully saturated rings. The number of rotatable bonds is 11. The van der Waals surface area contributed by atoms with E-state index in [9.17, 15) is 42.7 Å². The third kappa shape index (κ3) is 10.6. The van der Waals surface area contributed by atoms with Crippen molar-refractivity contribution in [2.75, 3.05) is 29.4 Å². The van der Waals surface area contributed by atoms with Crippen molar-refractivity contribution in [1.29, 1.82) is 5.26 Å². The molecule has 380 valence electrons. The average molecular weight is 1040 g/mol. The number of nitrogens with one attached hydrogen (secondary N) is 1. The lowest BCUT2D eigenvalue weighted by molar-refractivity contribution is -0.141. The maximum atomic E-state index is 15.5. The number of aliphatic hydroxyl groups is 1. The molecule has 20 heteroatoms. The van der Waals surface area contributed by atoms with E-state index in [0.717, 1.165) is 33.2 Å². The number of nitriles is 1. The number of thiocarbonyl (C=S) groups is 1. The number of β-amino-alcohol motifs (C(OH)–C–C–N with tert-alkyl or cyclic N) is 1. The van der Waals surface area contributed by atoms with Crippen LogP contribution in [0.2, 0.25) is 0 Å². The Morgan fingerprint density at radius 2 is 1.73 bits per heavy atom. The van der Waals surface area contributed by atoms with Crippen LogP contribution in [0.1, 0.15) is 105 Å². The molecule has 3 aliphatic rings. The van der Waals surface area contributed by atoms with Gasteiger partial charge in [-0.25, -0.2) is 9.37 Å². The molecule has 0 bridgehead atoms. The molecular formula is C53H52F4N8O6S2. The topological polar surface area (TPSA) is 176 Å². The van der Waals surface area contributed by atoms with Crippen LogP contribution in [-0.2, 0) is 25.4 Å². The van der Waals surface area contributed by atoms with Crippen molar-refractivity contribution < 1.29 is 46.4 Å². The number of aryl methyl sites for hydroxylation is 2. The molecule has 2 aromatic heterocycles. The molecule has 2 N–H and O–H groups in total. The van der Waals surface area contributed by atoms with Gasteiger partial charge in [-0.05, 0) is 106 Å². The Hall–Kier alpha value is -7.00. The van der Waals surface area contributed by atoms with Crippen LogP contribution in [0.4, 0.5) is 28.9 Å². The number of anilines is 2. The minimum Gasteiger partial charge on any atom is -0.391 e. The van der Waals surface area contributed by atoms with Gasteiger partial charge in [0.25, 0.3) is 5.91 Å². The number of piperidine rings is 1. The molecule has 4 amide bonds. The molecule has 5 aromatic rings. The maximum absolute atomic E-state index is 15.5. The van der Waals surface area contributed by atoms with Crippen molar-refractivity contribution in [2.24, 2.45) is 11.8 Å². The Kier molecular flexibility index (Phi) is 14.9. The fourth-order valence-corrected chi connectivity index (χ4v) is 11.0. The third-order valence-electron chi connectivity index (χ3n) is 13.6. The van der Waals surface area contributed by atoms with E-state index in [-0.39, 0.29) is 48.1 Å². The number of likely N-dealkylation sites (tertiary alicyclic amines) is 2. The van der Waals surface area contributed by atoms with Crippen LogP contribution in [0.25, 0.3) is 10.4 Å². The van der Waals surface area contributed by atoms with Crippen LogP contribution in [0, 0.1) is 54.7 Å². The van der Waals surface area contributed by atoms with E-state index in [4.69, 9.17) is 16.7 Å². The first kappa shape index (κ1) is 52.3. The lowest BCUT2D eigenvalue weighted by Gasteiger charge is -2.32. The fraction of sp³-hybridized carbons (Fsp3) is 0.396.